The van der Waals surface area contributed by atoms with Gasteiger partial charge in [-0.05, 0) is 36.4 Å². The van der Waals surface area contributed by atoms with Crippen LogP contribution in [0.5, 0.6) is 11.5 Å². The maximum absolute atomic E-state index is 13.7. The van der Waals surface area contributed by atoms with Gasteiger partial charge in [0.05, 0.1) is 20.4 Å². The van der Waals surface area contributed by atoms with E-state index in [4.69, 9.17) is 9.47 Å². The van der Waals surface area contributed by atoms with Gasteiger partial charge >= 0.3 is 0 Å². The lowest BCUT2D eigenvalue weighted by Gasteiger charge is -2.18. The number of rotatable bonds is 5. The summed E-state index contributed by atoms with van der Waals surface area (Å²) in [4.78, 5) is 4.23. The summed E-state index contributed by atoms with van der Waals surface area (Å²) in [5.74, 6) is 0.643. The van der Waals surface area contributed by atoms with Crippen LogP contribution in [0.3, 0.4) is 0 Å². The molecule has 0 unspecified atom stereocenters. The number of methoxy groups -OCH3 is 2. The van der Waals surface area contributed by atoms with Crippen molar-refractivity contribution in [2.75, 3.05) is 14.2 Å². The third-order valence-electron chi connectivity index (χ3n) is 4.29. The average Bonchev–Trinajstić information content (AvgIpc) is 3.36. The molecule has 0 radical (unpaired) electrons. The van der Waals surface area contributed by atoms with E-state index in [0.717, 1.165) is 0 Å². The zero-order valence-electron chi connectivity index (χ0n) is 14.7. The number of hydrogen-bond acceptors (Lipinski definition) is 5. The fourth-order valence-corrected chi connectivity index (χ4v) is 4.75. The third-order valence-corrected chi connectivity index (χ3v) is 6.07. The molecule has 138 valence electrons. The maximum Gasteiger partial charge on any atom is 0.229 e. The molecule has 0 aliphatic carbocycles. The molecule has 0 bridgehead atoms. The molecule has 0 atom stereocenters. The lowest BCUT2D eigenvalue weighted by molar-refractivity contribution is 0.390. The van der Waals surface area contributed by atoms with Gasteiger partial charge in [0.15, 0.2) is 5.03 Å². The molecule has 0 spiro atoms. The highest BCUT2D eigenvalue weighted by Crippen LogP contribution is 2.40. The molecule has 0 saturated carbocycles. The van der Waals surface area contributed by atoms with Crippen LogP contribution in [0.15, 0.2) is 77.2 Å². The highest BCUT2D eigenvalue weighted by Gasteiger charge is 2.31. The quantitative estimate of drug-likeness (QED) is 0.530. The van der Waals surface area contributed by atoms with Crippen molar-refractivity contribution in [3.63, 3.8) is 0 Å². The van der Waals surface area contributed by atoms with Crippen LogP contribution >= 0.6 is 0 Å². The monoisotopic (exact) mass is 383 g/mol. The Hall–Kier alpha value is -3.26. The molecule has 27 heavy (non-hydrogen) atoms. The molecule has 3 heterocycles. The summed E-state index contributed by atoms with van der Waals surface area (Å²) in [6.45, 7) is 0. The standard InChI is InChI=1S/C19H17N3O4S/c1-25-14-8-9-15(26-2)19(18(14)21-10-5-6-11-21)27(23,24)17-13-20-16-7-3-4-12-22(16)17/h3-13H,1-2H3. The Kier molecular flexibility index (Phi) is 4.12. The predicted molar refractivity (Wildman–Crippen MR) is 99.5 cm³/mol. The van der Waals surface area contributed by atoms with Crippen molar-refractivity contribution in [3.05, 3.63) is 67.3 Å². The van der Waals surface area contributed by atoms with Crippen LogP contribution in [0, 0.1) is 0 Å². The molecular formula is C19H17N3O4S. The third kappa shape index (κ3) is 2.65. The maximum atomic E-state index is 13.7. The molecule has 0 amide bonds. The molecule has 0 fully saturated rings. The predicted octanol–water partition coefficient (Wildman–Crippen LogP) is 2.98. The second-order valence-corrected chi connectivity index (χ2v) is 7.60. The van der Waals surface area contributed by atoms with Gasteiger partial charge in [-0.25, -0.2) is 13.4 Å². The van der Waals surface area contributed by atoms with Crippen molar-refractivity contribution in [1.82, 2.24) is 14.0 Å². The number of hydrogen-bond donors (Lipinski definition) is 0. The number of aromatic nitrogens is 3. The van der Waals surface area contributed by atoms with Gasteiger partial charge in [-0.1, -0.05) is 6.07 Å². The zero-order valence-corrected chi connectivity index (χ0v) is 15.6. The van der Waals surface area contributed by atoms with Crippen LogP contribution in [-0.4, -0.2) is 36.6 Å². The number of imidazole rings is 1. The fourth-order valence-electron chi connectivity index (χ4n) is 3.06. The smallest absolute Gasteiger partial charge is 0.229 e. The van der Waals surface area contributed by atoms with Crippen LogP contribution < -0.4 is 9.47 Å². The number of ether oxygens (including phenoxy) is 2. The molecule has 0 aliphatic rings. The van der Waals surface area contributed by atoms with Gasteiger partial charge in [-0.15, -0.1) is 0 Å². The molecule has 0 aliphatic heterocycles. The number of benzene rings is 1. The first-order chi connectivity index (χ1) is 13.1. The Bertz CT molecular complexity index is 1210. The van der Waals surface area contributed by atoms with E-state index in [1.807, 2.05) is 12.1 Å². The number of fused-ring (bicyclic) bond motifs is 1. The van der Waals surface area contributed by atoms with E-state index in [0.29, 0.717) is 17.1 Å². The van der Waals surface area contributed by atoms with E-state index < -0.39 is 9.84 Å². The lowest BCUT2D eigenvalue weighted by Crippen LogP contribution is -2.12. The van der Waals surface area contributed by atoms with E-state index in [2.05, 4.69) is 4.98 Å². The molecule has 3 aromatic heterocycles. The molecule has 0 N–H and O–H groups in total. The van der Waals surface area contributed by atoms with Crippen LogP contribution in [-0.2, 0) is 9.84 Å². The molecule has 8 heteroatoms. The highest BCUT2D eigenvalue weighted by molar-refractivity contribution is 7.91. The van der Waals surface area contributed by atoms with Crippen LogP contribution in [0.4, 0.5) is 0 Å². The summed E-state index contributed by atoms with van der Waals surface area (Å²) in [5, 5.41) is 0.0538. The minimum atomic E-state index is -3.98. The summed E-state index contributed by atoms with van der Waals surface area (Å²) in [6, 6.07) is 12.2. The summed E-state index contributed by atoms with van der Waals surface area (Å²) >= 11 is 0. The van der Waals surface area contributed by atoms with Crippen molar-refractivity contribution < 1.29 is 17.9 Å². The number of nitrogens with zero attached hydrogens (tertiary/aromatic N) is 3. The van der Waals surface area contributed by atoms with Gasteiger partial charge in [0.2, 0.25) is 9.84 Å². The Morgan fingerprint density at radius 1 is 0.889 bits per heavy atom. The fraction of sp³-hybridized carbons (Fsp3) is 0.105. The second kappa shape index (κ2) is 6.48. The van der Waals surface area contributed by atoms with Gasteiger partial charge in [-0.3, -0.25) is 4.40 Å². The first kappa shape index (κ1) is 17.2. The average molecular weight is 383 g/mol. The van der Waals surface area contributed by atoms with Gasteiger partial charge in [0, 0.05) is 18.6 Å². The van der Waals surface area contributed by atoms with Crippen molar-refractivity contribution >= 4 is 15.5 Å². The Balaban J connectivity index is 2.08. The SMILES string of the molecule is COc1ccc(OC)c(S(=O)(=O)c2cnc3ccccn23)c1-n1cccc1. The largest absolute Gasteiger partial charge is 0.495 e. The summed E-state index contributed by atoms with van der Waals surface area (Å²) in [5.41, 5.74) is 0.924. The highest BCUT2D eigenvalue weighted by atomic mass is 32.2. The second-order valence-electron chi connectivity index (χ2n) is 5.77. The first-order valence-corrected chi connectivity index (χ1v) is 9.61. The van der Waals surface area contributed by atoms with Gasteiger partial charge < -0.3 is 14.0 Å². The summed E-state index contributed by atoms with van der Waals surface area (Å²) in [7, 11) is -1.04. The topological polar surface area (TPSA) is 74.8 Å². The molecule has 1 aromatic carbocycles. The van der Waals surface area contributed by atoms with Crippen LogP contribution in [0.1, 0.15) is 0 Å². The summed E-state index contributed by atoms with van der Waals surface area (Å²) in [6.07, 6.45) is 6.52. The van der Waals surface area contributed by atoms with Crippen molar-refractivity contribution in [3.8, 4) is 17.2 Å². The van der Waals surface area contributed by atoms with E-state index in [1.54, 1.807) is 53.5 Å². The number of sulfone groups is 1. The van der Waals surface area contributed by atoms with Crippen molar-refractivity contribution in [2.24, 2.45) is 0 Å². The van der Waals surface area contributed by atoms with Crippen molar-refractivity contribution in [1.29, 1.82) is 0 Å². The van der Waals surface area contributed by atoms with E-state index in [-0.39, 0.29) is 15.7 Å². The van der Waals surface area contributed by atoms with Crippen molar-refractivity contribution in [2.45, 2.75) is 9.92 Å². The molecule has 4 aromatic rings. The Morgan fingerprint density at radius 2 is 1.56 bits per heavy atom. The first-order valence-electron chi connectivity index (χ1n) is 8.13. The van der Waals surface area contributed by atoms with Crippen LogP contribution in [0.25, 0.3) is 11.3 Å². The number of pyridine rings is 1. The van der Waals surface area contributed by atoms with Crippen LogP contribution in [0.2, 0.25) is 0 Å². The minimum absolute atomic E-state index is 0.0196. The van der Waals surface area contributed by atoms with E-state index >= 15 is 0 Å². The van der Waals surface area contributed by atoms with Gasteiger partial charge in [0.1, 0.15) is 27.7 Å². The van der Waals surface area contributed by atoms with Gasteiger partial charge in [0.25, 0.3) is 0 Å². The Morgan fingerprint density at radius 3 is 2.26 bits per heavy atom. The zero-order chi connectivity index (χ0) is 19.0. The van der Waals surface area contributed by atoms with E-state index in [9.17, 15) is 8.42 Å². The molecule has 7 nitrogen and oxygen atoms in total. The minimum Gasteiger partial charge on any atom is -0.495 e. The molecule has 0 saturated heterocycles. The molecule has 4 rings (SSSR count). The molecular weight excluding hydrogens is 366 g/mol. The lowest BCUT2D eigenvalue weighted by atomic mass is 10.2. The van der Waals surface area contributed by atoms with Gasteiger partial charge in [-0.2, -0.15) is 0 Å². The Labute approximate surface area is 156 Å². The van der Waals surface area contributed by atoms with E-state index in [1.165, 1.54) is 24.8 Å². The summed E-state index contributed by atoms with van der Waals surface area (Å²) < 4.78 is 41.4. The normalized spacial score (nSPS) is 11.6.